The Kier molecular flexibility index (Phi) is 3.20. The van der Waals surface area contributed by atoms with Crippen LogP contribution in [0.1, 0.15) is 30.9 Å². The molecular weight excluding hydrogens is 210 g/mol. The lowest BCUT2D eigenvalue weighted by molar-refractivity contribution is 0.622. The number of aryl methyl sites for hydroxylation is 1. The number of rotatable bonds is 1. The zero-order valence-electron chi connectivity index (χ0n) is 7.79. The van der Waals surface area contributed by atoms with Crippen molar-refractivity contribution in [1.82, 2.24) is 0 Å². The number of benzene rings is 1. The zero-order chi connectivity index (χ0) is 10.2. The smallest absolute Gasteiger partial charge is 0.142 e. The minimum atomic E-state index is -0.396. The molecule has 0 aliphatic rings. The molecule has 3 heteroatoms. The highest BCUT2D eigenvalue weighted by Crippen LogP contribution is 2.35. The predicted molar refractivity (Wildman–Crippen MR) is 55.2 cm³/mol. The van der Waals surface area contributed by atoms with Crippen molar-refractivity contribution >= 4 is 23.2 Å². The maximum absolute atomic E-state index is 13.2. The maximum Gasteiger partial charge on any atom is 0.142 e. The first-order valence-electron chi connectivity index (χ1n) is 4.09. The molecule has 0 heterocycles. The molecular formula is C10H11Cl2F. The summed E-state index contributed by atoms with van der Waals surface area (Å²) in [5.41, 5.74) is 1.42. The standard InChI is InChI=1S/C10H11Cl2F/c1-5(2)8-9(11)6(3)4-7(13)10(8)12/h4-5H,1-3H3. The van der Waals surface area contributed by atoms with Crippen LogP contribution in [0.5, 0.6) is 0 Å². The van der Waals surface area contributed by atoms with E-state index in [1.807, 2.05) is 13.8 Å². The van der Waals surface area contributed by atoms with E-state index in [1.54, 1.807) is 6.92 Å². The van der Waals surface area contributed by atoms with Crippen molar-refractivity contribution in [2.24, 2.45) is 0 Å². The summed E-state index contributed by atoms with van der Waals surface area (Å²) in [7, 11) is 0. The van der Waals surface area contributed by atoms with Gasteiger partial charge in [0.05, 0.1) is 5.02 Å². The minimum Gasteiger partial charge on any atom is -0.205 e. The summed E-state index contributed by atoms with van der Waals surface area (Å²) in [6.45, 7) is 5.64. The van der Waals surface area contributed by atoms with E-state index in [9.17, 15) is 4.39 Å². The van der Waals surface area contributed by atoms with Crippen LogP contribution < -0.4 is 0 Å². The molecule has 1 aromatic rings. The Morgan fingerprint density at radius 2 is 1.77 bits per heavy atom. The highest BCUT2D eigenvalue weighted by atomic mass is 35.5. The van der Waals surface area contributed by atoms with Gasteiger partial charge in [-0.1, -0.05) is 37.0 Å². The fourth-order valence-electron chi connectivity index (χ4n) is 1.26. The van der Waals surface area contributed by atoms with Gasteiger partial charge in [0, 0.05) is 5.02 Å². The topological polar surface area (TPSA) is 0 Å². The average molecular weight is 221 g/mol. The summed E-state index contributed by atoms with van der Waals surface area (Å²) in [5.74, 6) is -0.262. The van der Waals surface area contributed by atoms with Gasteiger partial charge >= 0.3 is 0 Å². The second-order valence-corrected chi connectivity index (χ2v) is 4.13. The van der Waals surface area contributed by atoms with Crippen molar-refractivity contribution in [3.05, 3.63) is 33.1 Å². The molecule has 0 amide bonds. The highest BCUT2D eigenvalue weighted by Gasteiger charge is 2.15. The number of hydrogen-bond acceptors (Lipinski definition) is 0. The maximum atomic E-state index is 13.2. The molecule has 0 saturated carbocycles. The van der Waals surface area contributed by atoms with Gasteiger partial charge in [-0.25, -0.2) is 4.39 Å². The Morgan fingerprint density at radius 1 is 1.23 bits per heavy atom. The molecule has 0 aromatic heterocycles. The van der Waals surface area contributed by atoms with E-state index in [2.05, 4.69) is 0 Å². The van der Waals surface area contributed by atoms with Crippen molar-refractivity contribution in [3.8, 4) is 0 Å². The summed E-state index contributed by atoms with van der Waals surface area (Å²) >= 11 is 11.8. The number of hydrogen-bond donors (Lipinski definition) is 0. The largest absolute Gasteiger partial charge is 0.205 e. The fourth-order valence-corrected chi connectivity index (χ4v) is 2.04. The SMILES string of the molecule is Cc1cc(F)c(Cl)c(C(C)C)c1Cl. The fraction of sp³-hybridized carbons (Fsp3) is 0.400. The van der Waals surface area contributed by atoms with Gasteiger partial charge in [-0.05, 0) is 30.0 Å². The van der Waals surface area contributed by atoms with E-state index in [4.69, 9.17) is 23.2 Å². The third-order valence-corrected chi connectivity index (χ3v) is 2.84. The van der Waals surface area contributed by atoms with Gasteiger partial charge < -0.3 is 0 Å². The lowest BCUT2D eigenvalue weighted by Gasteiger charge is -2.13. The van der Waals surface area contributed by atoms with Gasteiger partial charge in [0.2, 0.25) is 0 Å². The Bertz CT molecular complexity index is 306. The first-order chi connectivity index (χ1) is 5.95. The molecule has 0 unspecified atom stereocenters. The van der Waals surface area contributed by atoms with Gasteiger partial charge in [-0.15, -0.1) is 0 Å². The van der Waals surface area contributed by atoms with Crippen molar-refractivity contribution in [2.75, 3.05) is 0 Å². The average Bonchev–Trinajstić information content (AvgIpc) is 2.01. The molecule has 0 N–H and O–H groups in total. The van der Waals surface area contributed by atoms with Gasteiger partial charge in [0.15, 0.2) is 0 Å². The third kappa shape index (κ3) is 1.97. The molecule has 0 nitrogen and oxygen atoms in total. The molecule has 0 fully saturated rings. The quantitative estimate of drug-likeness (QED) is 0.609. The summed E-state index contributed by atoms with van der Waals surface area (Å²) in [5, 5.41) is 0.715. The van der Waals surface area contributed by atoms with Crippen LogP contribution in [-0.2, 0) is 0 Å². The van der Waals surface area contributed by atoms with Gasteiger partial charge in [-0.3, -0.25) is 0 Å². The van der Waals surface area contributed by atoms with Crippen LogP contribution in [0.4, 0.5) is 4.39 Å². The normalized spacial score (nSPS) is 11.0. The molecule has 0 spiro atoms. The second kappa shape index (κ2) is 3.85. The molecule has 0 saturated heterocycles. The van der Waals surface area contributed by atoms with Crippen molar-refractivity contribution in [1.29, 1.82) is 0 Å². The van der Waals surface area contributed by atoms with Crippen LogP contribution in [0.25, 0.3) is 0 Å². The van der Waals surface area contributed by atoms with Crippen LogP contribution in [0.15, 0.2) is 6.07 Å². The predicted octanol–water partition coefficient (Wildman–Crippen LogP) is 4.56. The van der Waals surface area contributed by atoms with E-state index >= 15 is 0 Å². The first kappa shape index (κ1) is 10.8. The first-order valence-corrected chi connectivity index (χ1v) is 4.84. The van der Waals surface area contributed by atoms with Gasteiger partial charge in [0.25, 0.3) is 0 Å². The van der Waals surface area contributed by atoms with Gasteiger partial charge in [-0.2, -0.15) is 0 Å². The molecule has 0 aliphatic heterocycles. The molecule has 1 rings (SSSR count). The summed E-state index contributed by atoms with van der Waals surface area (Å²) < 4.78 is 13.2. The molecule has 0 radical (unpaired) electrons. The third-order valence-electron chi connectivity index (χ3n) is 1.95. The lowest BCUT2D eigenvalue weighted by Crippen LogP contribution is -1.95. The molecule has 0 aliphatic carbocycles. The summed E-state index contributed by atoms with van der Waals surface area (Å²) in [6, 6.07) is 1.36. The Labute approximate surface area is 87.7 Å². The van der Waals surface area contributed by atoms with Crippen LogP contribution in [-0.4, -0.2) is 0 Å². The molecule has 0 bridgehead atoms. The van der Waals surface area contributed by atoms with E-state index < -0.39 is 5.82 Å². The van der Waals surface area contributed by atoms with E-state index in [0.717, 1.165) is 5.56 Å². The number of halogens is 3. The van der Waals surface area contributed by atoms with Crippen LogP contribution in [0.2, 0.25) is 10.0 Å². The molecule has 72 valence electrons. The van der Waals surface area contributed by atoms with Crippen LogP contribution in [0, 0.1) is 12.7 Å². The van der Waals surface area contributed by atoms with Crippen molar-refractivity contribution in [2.45, 2.75) is 26.7 Å². The highest BCUT2D eigenvalue weighted by molar-refractivity contribution is 6.36. The minimum absolute atomic E-state index is 0.134. The van der Waals surface area contributed by atoms with Gasteiger partial charge in [0.1, 0.15) is 5.82 Å². The van der Waals surface area contributed by atoms with E-state index in [0.29, 0.717) is 10.6 Å². The van der Waals surface area contributed by atoms with E-state index in [-0.39, 0.29) is 10.9 Å². The van der Waals surface area contributed by atoms with Crippen LogP contribution >= 0.6 is 23.2 Å². The molecule has 0 atom stereocenters. The molecule has 13 heavy (non-hydrogen) atoms. The zero-order valence-corrected chi connectivity index (χ0v) is 9.30. The lowest BCUT2D eigenvalue weighted by atomic mass is 10.0. The summed E-state index contributed by atoms with van der Waals surface area (Å²) in [4.78, 5) is 0. The van der Waals surface area contributed by atoms with Crippen molar-refractivity contribution in [3.63, 3.8) is 0 Å². The molecule has 1 aromatic carbocycles. The van der Waals surface area contributed by atoms with Crippen molar-refractivity contribution < 1.29 is 4.39 Å². The van der Waals surface area contributed by atoms with Crippen LogP contribution in [0.3, 0.4) is 0 Å². The Balaban J connectivity index is 3.46. The Hall–Kier alpha value is -0.270. The Morgan fingerprint density at radius 3 is 2.23 bits per heavy atom. The summed E-state index contributed by atoms with van der Waals surface area (Å²) in [6.07, 6.45) is 0. The van der Waals surface area contributed by atoms with E-state index in [1.165, 1.54) is 6.07 Å². The second-order valence-electron chi connectivity index (χ2n) is 3.37. The monoisotopic (exact) mass is 220 g/mol.